The molecule has 4 nitrogen and oxygen atoms in total. The highest BCUT2D eigenvalue weighted by Crippen LogP contribution is 2.15. The molecule has 4 heteroatoms. The van der Waals surface area contributed by atoms with Crippen LogP contribution in [0.15, 0.2) is 0 Å². The van der Waals surface area contributed by atoms with Crippen molar-refractivity contribution in [3.05, 3.63) is 0 Å². The molecule has 2 unspecified atom stereocenters. The third-order valence-corrected chi connectivity index (χ3v) is 2.64. The summed E-state index contributed by atoms with van der Waals surface area (Å²) in [7, 11) is 0. The van der Waals surface area contributed by atoms with Crippen molar-refractivity contribution in [2.24, 2.45) is 11.7 Å². The number of hydrogen-bond donors (Lipinski definition) is 1. The fraction of sp³-hybridized carbons (Fsp3) is 1.00. The van der Waals surface area contributed by atoms with E-state index in [4.69, 9.17) is 19.9 Å². The van der Waals surface area contributed by atoms with Crippen molar-refractivity contribution in [3.63, 3.8) is 0 Å². The highest BCUT2D eigenvalue weighted by atomic mass is 16.5. The predicted molar refractivity (Wildman–Crippen MR) is 63.4 cm³/mol. The van der Waals surface area contributed by atoms with Crippen molar-refractivity contribution in [1.82, 2.24) is 0 Å². The Morgan fingerprint density at radius 1 is 1.38 bits per heavy atom. The van der Waals surface area contributed by atoms with E-state index in [-0.39, 0.29) is 11.6 Å². The minimum absolute atomic E-state index is 0.0925. The van der Waals surface area contributed by atoms with Crippen LogP contribution in [0, 0.1) is 5.92 Å². The molecule has 0 radical (unpaired) electrons. The predicted octanol–water partition coefficient (Wildman–Crippen LogP) is 1.18. The van der Waals surface area contributed by atoms with Gasteiger partial charge in [0.25, 0.3) is 0 Å². The standard InChI is InChI=1S/C12H25NO3/c1-12(2,3)16-7-6-15-9-11(13)10-4-5-14-8-10/h10-11H,4-9,13H2,1-3H3. The molecular weight excluding hydrogens is 206 g/mol. The van der Waals surface area contributed by atoms with E-state index in [9.17, 15) is 0 Å². The van der Waals surface area contributed by atoms with Crippen LogP contribution in [0.3, 0.4) is 0 Å². The number of nitrogens with two attached hydrogens (primary N) is 1. The second-order valence-corrected chi connectivity index (χ2v) is 5.32. The van der Waals surface area contributed by atoms with Gasteiger partial charge in [-0.15, -0.1) is 0 Å². The second-order valence-electron chi connectivity index (χ2n) is 5.32. The lowest BCUT2D eigenvalue weighted by atomic mass is 10.0. The van der Waals surface area contributed by atoms with Gasteiger partial charge >= 0.3 is 0 Å². The van der Waals surface area contributed by atoms with E-state index in [1.807, 2.05) is 20.8 Å². The molecule has 0 aliphatic carbocycles. The summed E-state index contributed by atoms with van der Waals surface area (Å²) in [6, 6.07) is 0.0946. The Kier molecular flexibility index (Phi) is 5.69. The summed E-state index contributed by atoms with van der Waals surface area (Å²) < 4.78 is 16.3. The Bertz CT molecular complexity index is 185. The van der Waals surface area contributed by atoms with Crippen molar-refractivity contribution >= 4 is 0 Å². The van der Waals surface area contributed by atoms with Gasteiger partial charge in [-0.1, -0.05) is 0 Å². The lowest BCUT2D eigenvalue weighted by Gasteiger charge is -2.21. The zero-order chi connectivity index (χ0) is 12.0. The fourth-order valence-corrected chi connectivity index (χ4v) is 1.65. The van der Waals surface area contributed by atoms with Crippen LogP contribution in [-0.4, -0.2) is 44.7 Å². The summed E-state index contributed by atoms with van der Waals surface area (Å²) in [5.41, 5.74) is 5.91. The molecule has 2 atom stereocenters. The monoisotopic (exact) mass is 231 g/mol. The molecule has 1 rings (SSSR count). The molecule has 1 fully saturated rings. The van der Waals surface area contributed by atoms with Crippen molar-refractivity contribution < 1.29 is 14.2 Å². The van der Waals surface area contributed by atoms with Gasteiger partial charge in [0.2, 0.25) is 0 Å². The van der Waals surface area contributed by atoms with Gasteiger partial charge < -0.3 is 19.9 Å². The summed E-state index contributed by atoms with van der Waals surface area (Å²) in [5.74, 6) is 0.462. The Labute approximate surface area is 98.4 Å². The molecule has 0 bridgehead atoms. The summed E-state index contributed by atoms with van der Waals surface area (Å²) in [5, 5.41) is 0. The first-order valence-electron chi connectivity index (χ1n) is 6.04. The first kappa shape index (κ1) is 13.9. The summed E-state index contributed by atoms with van der Waals surface area (Å²) in [6.07, 6.45) is 1.06. The molecule has 1 heterocycles. The van der Waals surface area contributed by atoms with Crippen molar-refractivity contribution in [2.75, 3.05) is 33.0 Å². The SMILES string of the molecule is CC(C)(C)OCCOCC(N)C1CCOC1. The molecule has 0 saturated carbocycles. The zero-order valence-electron chi connectivity index (χ0n) is 10.7. The highest BCUT2D eigenvalue weighted by Gasteiger charge is 2.22. The maximum absolute atomic E-state index is 6.00. The van der Waals surface area contributed by atoms with Crippen LogP contribution in [-0.2, 0) is 14.2 Å². The van der Waals surface area contributed by atoms with Crippen LogP contribution in [0.1, 0.15) is 27.2 Å². The molecule has 1 saturated heterocycles. The van der Waals surface area contributed by atoms with Gasteiger partial charge in [-0.3, -0.25) is 0 Å². The van der Waals surface area contributed by atoms with E-state index in [0.29, 0.717) is 25.7 Å². The smallest absolute Gasteiger partial charge is 0.0707 e. The molecule has 0 amide bonds. The van der Waals surface area contributed by atoms with Gasteiger partial charge in [0.1, 0.15) is 0 Å². The molecule has 0 spiro atoms. The van der Waals surface area contributed by atoms with Crippen LogP contribution in [0.5, 0.6) is 0 Å². The van der Waals surface area contributed by atoms with Crippen LogP contribution in [0.4, 0.5) is 0 Å². The molecule has 0 aromatic heterocycles. The third kappa shape index (κ3) is 5.80. The largest absolute Gasteiger partial charge is 0.381 e. The van der Waals surface area contributed by atoms with E-state index in [1.54, 1.807) is 0 Å². The third-order valence-electron chi connectivity index (χ3n) is 2.64. The zero-order valence-corrected chi connectivity index (χ0v) is 10.7. The second kappa shape index (κ2) is 6.55. The topological polar surface area (TPSA) is 53.7 Å². The van der Waals surface area contributed by atoms with Gasteiger partial charge in [-0.25, -0.2) is 0 Å². The molecule has 0 aromatic carbocycles. The van der Waals surface area contributed by atoms with Crippen molar-refractivity contribution in [2.45, 2.75) is 38.8 Å². The number of ether oxygens (including phenoxy) is 3. The minimum Gasteiger partial charge on any atom is -0.381 e. The van der Waals surface area contributed by atoms with E-state index < -0.39 is 0 Å². The maximum atomic E-state index is 6.00. The molecule has 1 aliphatic rings. The van der Waals surface area contributed by atoms with Crippen molar-refractivity contribution in [3.8, 4) is 0 Å². The fourth-order valence-electron chi connectivity index (χ4n) is 1.65. The van der Waals surface area contributed by atoms with E-state index >= 15 is 0 Å². The Morgan fingerprint density at radius 3 is 2.69 bits per heavy atom. The first-order valence-corrected chi connectivity index (χ1v) is 6.04. The van der Waals surface area contributed by atoms with E-state index in [0.717, 1.165) is 19.6 Å². The quantitative estimate of drug-likeness (QED) is 0.697. The minimum atomic E-state index is -0.0925. The Balaban J connectivity index is 1.98. The molecule has 2 N–H and O–H groups in total. The van der Waals surface area contributed by atoms with Gasteiger partial charge in [0, 0.05) is 18.6 Å². The Hall–Kier alpha value is -0.160. The Morgan fingerprint density at radius 2 is 2.12 bits per heavy atom. The average molecular weight is 231 g/mol. The first-order chi connectivity index (χ1) is 7.49. The van der Waals surface area contributed by atoms with Crippen LogP contribution in [0.25, 0.3) is 0 Å². The summed E-state index contributed by atoms with van der Waals surface area (Å²) >= 11 is 0. The van der Waals surface area contributed by atoms with Gasteiger partial charge in [0.15, 0.2) is 0 Å². The molecule has 0 aromatic rings. The van der Waals surface area contributed by atoms with E-state index in [1.165, 1.54) is 0 Å². The molecule has 16 heavy (non-hydrogen) atoms. The maximum Gasteiger partial charge on any atom is 0.0707 e. The van der Waals surface area contributed by atoms with Gasteiger partial charge in [0.05, 0.1) is 32.0 Å². The average Bonchev–Trinajstić information content (AvgIpc) is 2.67. The van der Waals surface area contributed by atoms with E-state index in [2.05, 4.69) is 0 Å². The molecule has 1 aliphatic heterocycles. The van der Waals surface area contributed by atoms with Gasteiger partial charge in [-0.05, 0) is 27.2 Å². The lowest BCUT2D eigenvalue weighted by Crippen LogP contribution is -2.35. The van der Waals surface area contributed by atoms with Crippen LogP contribution >= 0.6 is 0 Å². The molecule has 96 valence electrons. The summed E-state index contributed by atoms with van der Waals surface area (Å²) in [6.45, 7) is 9.56. The van der Waals surface area contributed by atoms with Gasteiger partial charge in [-0.2, -0.15) is 0 Å². The summed E-state index contributed by atoms with van der Waals surface area (Å²) in [4.78, 5) is 0. The lowest BCUT2D eigenvalue weighted by molar-refractivity contribution is -0.0378. The highest BCUT2D eigenvalue weighted by molar-refractivity contribution is 4.75. The van der Waals surface area contributed by atoms with Crippen molar-refractivity contribution in [1.29, 1.82) is 0 Å². The molecular formula is C12H25NO3. The number of hydrogen-bond acceptors (Lipinski definition) is 4. The van der Waals surface area contributed by atoms with Crippen LogP contribution < -0.4 is 5.73 Å². The van der Waals surface area contributed by atoms with Crippen LogP contribution in [0.2, 0.25) is 0 Å². The normalized spacial score (nSPS) is 23.6. The number of rotatable bonds is 6.